The van der Waals surface area contributed by atoms with E-state index in [1.54, 1.807) is 0 Å². The fourth-order valence-electron chi connectivity index (χ4n) is 5.89. The fourth-order valence-corrected chi connectivity index (χ4v) is 5.89. The minimum Gasteiger partial charge on any atom is -0.467 e. The predicted molar refractivity (Wildman–Crippen MR) is 165 cm³/mol. The molecule has 0 saturated heterocycles. The number of hydrogen-bond donors (Lipinski definition) is 1. The standard InChI is InChI=1S/C35H42N2O3/c1-7-26-11-9-10-12-30(26)34-32(20-35(4,5)22-40-23-39)31-19-27(13-14-33(31)37(34)8-2)28-16-24(3)15-25(17-28)18-29(21-38)36-6/h9-17,19,21,23,29,36H,7-8,18,20,22H2,1-6H3. The summed E-state index contributed by atoms with van der Waals surface area (Å²) in [6.45, 7) is 12.6. The van der Waals surface area contributed by atoms with E-state index >= 15 is 0 Å². The van der Waals surface area contributed by atoms with Gasteiger partial charge in [0.25, 0.3) is 6.47 Å². The van der Waals surface area contributed by atoms with Gasteiger partial charge in [-0.3, -0.25) is 4.79 Å². The van der Waals surface area contributed by atoms with Gasteiger partial charge in [0.05, 0.1) is 18.3 Å². The third-order valence-corrected chi connectivity index (χ3v) is 7.80. The molecule has 1 aromatic heterocycles. The molecule has 4 rings (SSSR count). The first-order valence-corrected chi connectivity index (χ1v) is 14.3. The van der Waals surface area contributed by atoms with Crippen molar-refractivity contribution in [3.8, 4) is 22.4 Å². The minimum absolute atomic E-state index is 0.209. The van der Waals surface area contributed by atoms with E-state index in [9.17, 15) is 9.59 Å². The number of aryl methyl sites for hydroxylation is 3. The highest BCUT2D eigenvalue weighted by Crippen LogP contribution is 2.41. The monoisotopic (exact) mass is 538 g/mol. The van der Waals surface area contributed by atoms with Crippen molar-refractivity contribution in [1.82, 2.24) is 9.88 Å². The van der Waals surface area contributed by atoms with Gasteiger partial charge in [-0.15, -0.1) is 0 Å². The van der Waals surface area contributed by atoms with Crippen molar-refractivity contribution >= 4 is 23.7 Å². The fraction of sp³-hybridized carbons (Fsp3) is 0.371. The minimum atomic E-state index is -0.243. The molecule has 0 amide bonds. The molecule has 5 heteroatoms. The zero-order chi connectivity index (χ0) is 28.9. The summed E-state index contributed by atoms with van der Waals surface area (Å²) in [4.78, 5) is 22.5. The average molecular weight is 539 g/mol. The number of aldehydes is 1. The SMILES string of the molecule is CCc1ccccc1-c1c(CC(C)(C)COC=O)c2cc(-c3cc(C)cc(CC(C=O)NC)c3)ccc2n1CC. The van der Waals surface area contributed by atoms with Crippen LogP contribution in [0.2, 0.25) is 0 Å². The van der Waals surface area contributed by atoms with Gasteiger partial charge in [-0.2, -0.15) is 0 Å². The van der Waals surface area contributed by atoms with Gasteiger partial charge in [-0.25, -0.2) is 0 Å². The molecule has 0 spiro atoms. The molecule has 1 N–H and O–H groups in total. The number of hydrogen-bond acceptors (Lipinski definition) is 4. The van der Waals surface area contributed by atoms with E-state index in [2.05, 4.69) is 105 Å². The van der Waals surface area contributed by atoms with Crippen LogP contribution in [0.25, 0.3) is 33.3 Å². The molecule has 0 bridgehead atoms. The number of carbonyl (C=O) groups is 2. The van der Waals surface area contributed by atoms with Crippen LogP contribution in [0.1, 0.15) is 49.9 Å². The molecular formula is C35H42N2O3. The first-order chi connectivity index (χ1) is 19.2. The Morgan fingerprint density at radius 1 is 1.00 bits per heavy atom. The van der Waals surface area contributed by atoms with E-state index in [0.717, 1.165) is 42.4 Å². The van der Waals surface area contributed by atoms with Crippen LogP contribution < -0.4 is 5.32 Å². The number of fused-ring (bicyclic) bond motifs is 1. The highest BCUT2D eigenvalue weighted by molar-refractivity contribution is 5.95. The largest absolute Gasteiger partial charge is 0.467 e. The Morgan fingerprint density at radius 2 is 1.77 bits per heavy atom. The number of ether oxygens (including phenoxy) is 1. The average Bonchev–Trinajstić information content (AvgIpc) is 3.26. The Bertz CT molecular complexity index is 1500. The van der Waals surface area contributed by atoms with Crippen molar-refractivity contribution in [2.45, 2.75) is 66.5 Å². The Hall–Kier alpha value is -3.70. The van der Waals surface area contributed by atoms with Crippen molar-refractivity contribution in [1.29, 1.82) is 0 Å². The first-order valence-electron chi connectivity index (χ1n) is 14.3. The van der Waals surface area contributed by atoms with E-state index in [1.807, 2.05) is 7.05 Å². The van der Waals surface area contributed by atoms with Gasteiger partial charge < -0.3 is 19.4 Å². The number of nitrogens with one attached hydrogen (secondary N) is 1. The summed E-state index contributed by atoms with van der Waals surface area (Å²) in [6.07, 6.45) is 3.34. The van der Waals surface area contributed by atoms with Crippen LogP contribution in [-0.4, -0.2) is 37.0 Å². The molecule has 0 aliphatic rings. The molecule has 0 fully saturated rings. The molecule has 0 radical (unpaired) electrons. The lowest BCUT2D eigenvalue weighted by molar-refractivity contribution is -0.131. The summed E-state index contributed by atoms with van der Waals surface area (Å²) in [7, 11) is 1.82. The third kappa shape index (κ3) is 6.20. The van der Waals surface area contributed by atoms with Crippen molar-refractivity contribution < 1.29 is 14.3 Å². The lowest BCUT2D eigenvalue weighted by atomic mass is 9.84. The van der Waals surface area contributed by atoms with E-state index in [4.69, 9.17) is 4.74 Å². The summed E-state index contributed by atoms with van der Waals surface area (Å²) >= 11 is 0. The highest BCUT2D eigenvalue weighted by atomic mass is 16.5. The molecule has 40 heavy (non-hydrogen) atoms. The molecule has 3 aromatic carbocycles. The van der Waals surface area contributed by atoms with Crippen LogP contribution in [-0.2, 0) is 40.1 Å². The maximum Gasteiger partial charge on any atom is 0.293 e. The predicted octanol–water partition coefficient (Wildman–Crippen LogP) is 6.94. The topological polar surface area (TPSA) is 60.3 Å². The molecular weight excluding hydrogens is 496 g/mol. The quantitative estimate of drug-likeness (QED) is 0.187. The Labute approximate surface area is 238 Å². The van der Waals surface area contributed by atoms with E-state index in [-0.39, 0.29) is 11.5 Å². The summed E-state index contributed by atoms with van der Waals surface area (Å²) < 4.78 is 7.69. The Kier molecular flexibility index (Phi) is 9.26. The van der Waals surface area contributed by atoms with Crippen molar-refractivity contribution in [2.24, 2.45) is 5.41 Å². The zero-order valence-corrected chi connectivity index (χ0v) is 24.7. The summed E-state index contributed by atoms with van der Waals surface area (Å²) in [5.41, 5.74) is 10.7. The van der Waals surface area contributed by atoms with Crippen LogP contribution in [0.5, 0.6) is 0 Å². The van der Waals surface area contributed by atoms with E-state index in [0.29, 0.717) is 19.5 Å². The van der Waals surface area contributed by atoms with Crippen molar-refractivity contribution in [3.63, 3.8) is 0 Å². The molecule has 0 aliphatic heterocycles. The maximum atomic E-state index is 11.5. The second-order valence-corrected chi connectivity index (χ2v) is 11.5. The zero-order valence-electron chi connectivity index (χ0n) is 24.7. The number of likely N-dealkylation sites (N-methyl/N-ethyl adjacent to an activating group) is 1. The molecule has 1 heterocycles. The van der Waals surface area contributed by atoms with Gasteiger partial charge in [0.2, 0.25) is 0 Å². The van der Waals surface area contributed by atoms with Crippen LogP contribution in [0, 0.1) is 12.3 Å². The van der Waals surface area contributed by atoms with Gasteiger partial charge in [-0.05, 0) is 80.1 Å². The van der Waals surface area contributed by atoms with Crippen LogP contribution in [0.15, 0.2) is 60.7 Å². The number of benzene rings is 3. The number of rotatable bonds is 13. The van der Waals surface area contributed by atoms with Gasteiger partial charge in [0.15, 0.2) is 0 Å². The summed E-state index contributed by atoms with van der Waals surface area (Å²) in [6, 6.07) is 21.8. The number of carbonyl (C=O) groups excluding carboxylic acids is 2. The van der Waals surface area contributed by atoms with Crippen molar-refractivity contribution in [3.05, 3.63) is 82.9 Å². The van der Waals surface area contributed by atoms with Gasteiger partial charge in [-0.1, -0.05) is 74.9 Å². The first kappa shape index (κ1) is 29.3. The van der Waals surface area contributed by atoms with Crippen LogP contribution in [0.4, 0.5) is 0 Å². The molecule has 1 unspecified atom stereocenters. The van der Waals surface area contributed by atoms with Crippen LogP contribution in [0.3, 0.4) is 0 Å². The second kappa shape index (κ2) is 12.6. The Morgan fingerprint density at radius 3 is 2.45 bits per heavy atom. The van der Waals surface area contributed by atoms with Gasteiger partial charge >= 0.3 is 0 Å². The van der Waals surface area contributed by atoms with Gasteiger partial charge in [0.1, 0.15) is 6.29 Å². The Balaban J connectivity index is 1.95. The maximum absolute atomic E-state index is 11.5. The molecule has 0 aliphatic carbocycles. The lowest BCUT2D eigenvalue weighted by Crippen LogP contribution is -2.28. The van der Waals surface area contributed by atoms with Crippen LogP contribution >= 0.6 is 0 Å². The molecule has 210 valence electrons. The molecule has 4 aromatic rings. The summed E-state index contributed by atoms with van der Waals surface area (Å²) in [5.74, 6) is 0. The molecule has 0 saturated carbocycles. The van der Waals surface area contributed by atoms with Gasteiger partial charge in [0, 0.05) is 28.4 Å². The second-order valence-electron chi connectivity index (χ2n) is 11.5. The lowest BCUT2D eigenvalue weighted by Gasteiger charge is -2.24. The molecule has 5 nitrogen and oxygen atoms in total. The smallest absolute Gasteiger partial charge is 0.293 e. The highest BCUT2D eigenvalue weighted by Gasteiger charge is 2.27. The van der Waals surface area contributed by atoms with E-state index in [1.165, 1.54) is 38.9 Å². The number of aromatic nitrogens is 1. The number of nitrogens with zero attached hydrogens (tertiary/aromatic N) is 1. The van der Waals surface area contributed by atoms with E-state index < -0.39 is 0 Å². The summed E-state index contributed by atoms with van der Waals surface area (Å²) in [5, 5.41) is 4.31. The van der Waals surface area contributed by atoms with Crippen molar-refractivity contribution in [2.75, 3.05) is 13.7 Å². The molecule has 1 atom stereocenters. The normalized spacial score (nSPS) is 12.4. The third-order valence-electron chi connectivity index (χ3n) is 7.80.